The lowest BCUT2D eigenvalue weighted by atomic mass is 9.94. The highest BCUT2D eigenvalue weighted by molar-refractivity contribution is 7.92. The van der Waals surface area contributed by atoms with Crippen LogP contribution in [0.5, 0.6) is 11.5 Å². The molecule has 1 aliphatic heterocycles. The molecule has 2 aromatic rings. The number of anilines is 1. The molecule has 1 aliphatic rings. The van der Waals surface area contributed by atoms with E-state index in [4.69, 9.17) is 9.47 Å². The summed E-state index contributed by atoms with van der Waals surface area (Å²) >= 11 is 0. The number of nitrogens with one attached hydrogen (secondary N) is 1. The predicted octanol–water partition coefficient (Wildman–Crippen LogP) is 3.39. The average Bonchev–Trinajstić information content (AvgIpc) is 2.65. The first kappa shape index (κ1) is 20.0. The van der Waals surface area contributed by atoms with Gasteiger partial charge in [-0.1, -0.05) is 0 Å². The summed E-state index contributed by atoms with van der Waals surface area (Å²) in [6.07, 6.45) is 1.53. The van der Waals surface area contributed by atoms with Gasteiger partial charge in [0.15, 0.2) is 0 Å². The van der Waals surface area contributed by atoms with E-state index in [0.717, 1.165) is 18.4 Å². The second kappa shape index (κ2) is 7.35. The van der Waals surface area contributed by atoms with E-state index >= 15 is 0 Å². The van der Waals surface area contributed by atoms with Crippen molar-refractivity contribution >= 4 is 21.7 Å². The monoisotopic (exact) mass is 405 g/mol. The standard InChI is InChI=1S/C20H23NO6S/c1-20(2)10-9-13-11-15(6-8-17(13)27-20)28(23,24)21-16-12-14(19(22)26-4)5-7-18(16)25-3/h5-8,11-12,21H,9-10H2,1-4H3. The molecular formula is C20H23NO6S. The van der Waals surface area contributed by atoms with Crippen molar-refractivity contribution in [3.05, 3.63) is 47.5 Å². The number of benzene rings is 2. The van der Waals surface area contributed by atoms with Crippen molar-refractivity contribution in [2.24, 2.45) is 0 Å². The maximum Gasteiger partial charge on any atom is 0.337 e. The van der Waals surface area contributed by atoms with Crippen LogP contribution in [0.2, 0.25) is 0 Å². The first-order chi connectivity index (χ1) is 13.1. The largest absolute Gasteiger partial charge is 0.495 e. The Kier molecular flexibility index (Phi) is 5.25. The van der Waals surface area contributed by atoms with Crippen molar-refractivity contribution in [3.8, 4) is 11.5 Å². The molecule has 150 valence electrons. The highest BCUT2D eigenvalue weighted by Crippen LogP contribution is 2.35. The summed E-state index contributed by atoms with van der Waals surface area (Å²) in [5.41, 5.74) is 0.938. The number of carbonyl (C=O) groups excluding carboxylic acids is 1. The zero-order valence-corrected chi connectivity index (χ0v) is 17.1. The lowest BCUT2D eigenvalue weighted by Crippen LogP contribution is -2.32. The molecule has 1 N–H and O–H groups in total. The molecular weight excluding hydrogens is 382 g/mol. The molecule has 0 amide bonds. The van der Waals surface area contributed by atoms with Gasteiger partial charge in [0.2, 0.25) is 0 Å². The van der Waals surface area contributed by atoms with E-state index in [9.17, 15) is 13.2 Å². The topological polar surface area (TPSA) is 90.9 Å². The van der Waals surface area contributed by atoms with E-state index < -0.39 is 16.0 Å². The predicted molar refractivity (Wildman–Crippen MR) is 105 cm³/mol. The van der Waals surface area contributed by atoms with Crippen LogP contribution < -0.4 is 14.2 Å². The van der Waals surface area contributed by atoms with Gasteiger partial charge in [-0.2, -0.15) is 0 Å². The number of rotatable bonds is 5. The summed E-state index contributed by atoms with van der Waals surface area (Å²) in [4.78, 5) is 11.9. The molecule has 0 fully saturated rings. The van der Waals surface area contributed by atoms with Crippen LogP contribution in [0.25, 0.3) is 0 Å². The van der Waals surface area contributed by atoms with E-state index in [1.807, 2.05) is 13.8 Å². The molecule has 0 atom stereocenters. The van der Waals surface area contributed by atoms with Crippen molar-refractivity contribution in [2.45, 2.75) is 37.2 Å². The molecule has 28 heavy (non-hydrogen) atoms. The summed E-state index contributed by atoms with van der Waals surface area (Å²) in [6, 6.07) is 9.18. The van der Waals surface area contributed by atoms with Crippen molar-refractivity contribution in [2.75, 3.05) is 18.9 Å². The number of ether oxygens (including phenoxy) is 3. The normalized spacial score (nSPS) is 15.1. The Labute approximate surface area is 164 Å². The summed E-state index contributed by atoms with van der Waals surface area (Å²) in [7, 11) is -1.22. The second-order valence-corrected chi connectivity index (χ2v) is 8.83. The summed E-state index contributed by atoms with van der Waals surface area (Å²) in [5.74, 6) is 0.413. The van der Waals surface area contributed by atoms with Gasteiger partial charge in [0.1, 0.15) is 17.1 Å². The number of methoxy groups -OCH3 is 2. The number of esters is 1. The van der Waals surface area contributed by atoms with Crippen LogP contribution in [0.15, 0.2) is 41.3 Å². The van der Waals surface area contributed by atoms with Crippen LogP contribution >= 0.6 is 0 Å². The van der Waals surface area contributed by atoms with E-state index in [0.29, 0.717) is 11.5 Å². The smallest absolute Gasteiger partial charge is 0.337 e. The maximum atomic E-state index is 12.9. The SMILES string of the molecule is COC(=O)c1ccc(OC)c(NS(=O)(=O)c2ccc3c(c2)CCC(C)(C)O3)c1. The highest BCUT2D eigenvalue weighted by atomic mass is 32.2. The zero-order valence-electron chi connectivity index (χ0n) is 16.2. The summed E-state index contributed by atoms with van der Waals surface area (Å²) in [5, 5.41) is 0. The lowest BCUT2D eigenvalue weighted by Gasteiger charge is -2.32. The molecule has 3 rings (SSSR count). The minimum atomic E-state index is -3.90. The molecule has 0 saturated carbocycles. The van der Waals surface area contributed by atoms with E-state index in [1.165, 1.54) is 38.5 Å². The molecule has 2 aromatic carbocycles. The lowest BCUT2D eigenvalue weighted by molar-refractivity contribution is 0.0600. The molecule has 7 nitrogen and oxygen atoms in total. The van der Waals surface area contributed by atoms with E-state index in [2.05, 4.69) is 9.46 Å². The van der Waals surface area contributed by atoms with Crippen LogP contribution in [0.4, 0.5) is 5.69 Å². The first-order valence-electron chi connectivity index (χ1n) is 8.76. The first-order valence-corrected chi connectivity index (χ1v) is 10.2. The number of fused-ring (bicyclic) bond motifs is 1. The fraction of sp³-hybridized carbons (Fsp3) is 0.350. The number of sulfonamides is 1. The molecule has 0 radical (unpaired) electrons. The molecule has 8 heteroatoms. The van der Waals surface area contributed by atoms with Gasteiger partial charge < -0.3 is 14.2 Å². The third kappa shape index (κ3) is 4.06. The van der Waals surface area contributed by atoms with Crippen LogP contribution in [0, 0.1) is 0 Å². The van der Waals surface area contributed by atoms with Gasteiger partial charge >= 0.3 is 5.97 Å². The van der Waals surface area contributed by atoms with Crippen molar-refractivity contribution < 1.29 is 27.4 Å². The third-order valence-corrected chi connectivity index (χ3v) is 5.95. The van der Waals surface area contributed by atoms with Crippen molar-refractivity contribution in [1.29, 1.82) is 0 Å². The Morgan fingerprint density at radius 2 is 1.89 bits per heavy atom. The molecule has 1 heterocycles. The van der Waals surface area contributed by atoms with Gasteiger partial charge in [0, 0.05) is 0 Å². The van der Waals surface area contributed by atoms with Gasteiger partial charge in [-0.3, -0.25) is 4.72 Å². The number of hydrogen-bond donors (Lipinski definition) is 1. The van der Waals surface area contributed by atoms with Crippen LogP contribution in [-0.2, 0) is 21.2 Å². The number of hydrogen-bond acceptors (Lipinski definition) is 6. The van der Waals surface area contributed by atoms with Crippen molar-refractivity contribution in [1.82, 2.24) is 0 Å². The van der Waals surface area contributed by atoms with Gasteiger partial charge in [-0.05, 0) is 68.7 Å². The molecule has 0 bridgehead atoms. The van der Waals surface area contributed by atoms with Crippen LogP contribution in [0.1, 0.15) is 36.2 Å². The Bertz CT molecular complexity index is 1010. The second-order valence-electron chi connectivity index (χ2n) is 7.14. The number of carbonyl (C=O) groups is 1. The van der Waals surface area contributed by atoms with Gasteiger partial charge in [0.25, 0.3) is 10.0 Å². The Morgan fingerprint density at radius 3 is 2.57 bits per heavy atom. The zero-order chi connectivity index (χ0) is 20.5. The Hall–Kier alpha value is -2.74. The minimum absolute atomic E-state index is 0.111. The quantitative estimate of drug-likeness (QED) is 0.767. The van der Waals surface area contributed by atoms with Crippen LogP contribution in [-0.4, -0.2) is 34.2 Å². The fourth-order valence-corrected chi connectivity index (χ4v) is 4.15. The highest BCUT2D eigenvalue weighted by Gasteiger charge is 2.28. The van der Waals surface area contributed by atoms with Gasteiger partial charge in [-0.25, -0.2) is 13.2 Å². The van der Waals surface area contributed by atoms with E-state index in [1.54, 1.807) is 12.1 Å². The average molecular weight is 405 g/mol. The number of aryl methyl sites for hydroxylation is 1. The van der Waals surface area contributed by atoms with Gasteiger partial charge in [-0.15, -0.1) is 0 Å². The summed E-state index contributed by atoms with van der Waals surface area (Å²) in [6.45, 7) is 4.01. The summed E-state index contributed by atoms with van der Waals surface area (Å²) < 4.78 is 44.1. The molecule has 0 saturated heterocycles. The van der Waals surface area contributed by atoms with Crippen molar-refractivity contribution in [3.63, 3.8) is 0 Å². The fourth-order valence-electron chi connectivity index (χ4n) is 3.04. The molecule has 0 spiro atoms. The molecule has 0 aliphatic carbocycles. The third-order valence-electron chi connectivity index (χ3n) is 4.59. The van der Waals surface area contributed by atoms with Gasteiger partial charge in [0.05, 0.1) is 30.4 Å². The molecule has 0 unspecified atom stereocenters. The van der Waals surface area contributed by atoms with Crippen LogP contribution in [0.3, 0.4) is 0 Å². The Balaban J connectivity index is 1.93. The minimum Gasteiger partial charge on any atom is -0.495 e. The maximum absolute atomic E-state index is 12.9. The van der Waals surface area contributed by atoms with E-state index in [-0.39, 0.29) is 21.7 Å². The molecule has 0 aromatic heterocycles. The Morgan fingerprint density at radius 1 is 1.14 bits per heavy atom.